The van der Waals surface area contributed by atoms with Gasteiger partial charge in [0, 0.05) is 38.2 Å². The maximum Gasteiger partial charge on any atom is 0.253 e. The number of anilines is 1. The molecule has 1 unspecified atom stereocenters. The molecule has 1 spiro atoms. The third kappa shape index (κ3) is 3.64. The maximum atomic E-state index is 12.2. The number of ether oxygens (including phenoxy) is 2. The summed E-state index contributed by atoms with van der Waals surface area (Å²) in [6.45, 7) is 7.12. The second-order valence-electron chi connectivity index (χ2n) is 6.31. The number of carbonyl (C=O) groups excluding carboxylic acids is 1. The highest BCUT2D eigenvalue weighted by Gasteiger charge is 2.39. The molecule has 2 aliphatic heterocycles. The second-order valence-corrected chi connectivity index (χ2v) is 6.31. The van der Waals surface area contributed by atoms with Gasteiger partial charge in [-0.25, -0.2) is 0 Å². The Balaban J connectivity index is 1.65. The predicted octanol–water partition coefficient (Wildman–Crippen LogP) is 1.95. The number of aromatic nitrogens is 1. The number of nitrogens with zero attached hydrogens (tertiary/aromatic N) is 2. The Morgan fingerprint density at radius 3 is 2.70 bits per heavy atom. The van der Waals surface area contributed by atoms with Crippen LogP contribution in [0.15, 0.2) is 18.5 Å². The van der Waals surface area contributed by atoms with Crippen molar-refractivity contribution in [2.24, 2.45) is 0 Å². The summed E-state index contributed by atoms with van der Waals surface area (Å²) in [6.07, 6.45) is 6.03. The Kier molecular flexibility index (Phi) is 4.82. The van der Waals surface area contributed by atoms with Crippen molar-refractivity contribution in [1.82, 2.24) is 10.3 Å². The molecule has 1 aromatic rings. The average molecular weight is 319 g/mol. The van der Waals surface area contributed by atoms with Gasteiger partial charge in [-0.2, -0.15) is 0 Å². The molecular formula is C17H25N3O3. The summed E-state index contributed by atoms with van der Waals surface area (Å²) in [5.41, 5.74) is 1.59. The van der Waals surface area contributed by atoms with Gasteiger partial charge in [0.05, 0.1) is 30.7 Å². The van der Waals surface area contributed by atoms with Gasteiger partial charge in [0.2, 0.25) is 0 Å². The van der Waals surface area contributed by atoms with Crippen LogP contribution in [0.5, 0.6) is 0 Å². The molecule has 1 aromatic heterocycles. The number of hydrogen-bond donors (Lipinski definition) is 1. The number of rotatable bonds is 4. The van der Waals surface area contributed by atoms with Crippen molar-refractivity contribution < 1.29 is 14.3 Å². The molecule has 6 heteroatoms. The van der Waals surface area contributed by atoms with Gasteiger partial charge in [-0.15, -0.1) is 0 Å². The molecule has 0 saturated carbocycles. The fourth-order valence-corrected chi connectivity index (χ4v) is 3.03. The zero-order valence-electron chi connectivity index (χ0n) is 13.9. The molecule has 1 atom stereocenters. The van der Waals surface area contributed by atoms with Crippen molar-refractivity contribution in [2.45, 2.75) is 44.9 Å². The molecule has 1 amide bonds. The van der Waals surface area contributed by atoms with E-state index in [0.717, 1.165) is 38.0 Å². The van der Waals surface area contributed by atoms with Crippen molar-refractivity contribution in [3.05, 3.63) is 24.0 Å². The van der Waals surface area contributed by atoms with E-state index in [4.69, 9.17) is 9.47 Å². The van der Waals surface area contributed by atoms with Gasteiger partial charge in [0.1, 0.15) is 0 Å². The largest absolute Gasteiger partial charge is 0.370 e. The van der Waals surface area contributed by atoms with Crippen LogP contribution in [-0.4, -0.2) is 49.0 Å². The van der Waals surface area contributed by atoms with Crippen LogP contribution in [0.2, 0.25) is 0 Å². The van der Waals surface area contributed by atoms with Crippen LogP contribution in [0.3, 0.4) is 0 Å². The Hall–Kier alpha value is -1.66. The first-order chi connectivity index (χ1) is 11.1. The molecule has 1 N–H and O–H groups in total. The molecule has 2 fully saturated rings. The van der Waals surface area contributed by atoms with E-state index in [0.29, 0.717) is 18.8 Å². The fraction of sp³-hybridized carbons (Fsp3) is 0.647. The zero-order valence-corrected chi connectivity index (χ0v) is 13.9. The molecule has 0 aliphatic carbocycles. The summed E-state index contributed by atoms with van der Waals surface area (Å²) in [6, 6.07) is 2.08. The minimum Gasteiger partial charge on any atom is -0.370 e. The molecule has 3 heterocycles. The van der Waals surface area contributed by atoms with Crippen molar-refractivity contribution >= 4 is 11.6 Å². The molecule has 6 nitrogen and oxygen atoms in total. The molecule has 2 aliphatic rings. The van der Waals surface area contributed by atoms with Gasteiger partial charge in [-0.05, 0) is 19.4 Å². The lowest BCUT2D eigenvalue weighted by Gasteiger charge is -2.38. The first-order valence-electron chi connectivity index (χ1n) is 8.41. The summed E-state index contributed by atoms with van der Waals surface area (Å²) in [4.78, 5) is 18.7. The molecule has 23 heavy (non-hydrogen) atoms. The number of nitrogens with one attached hydrogen (secondary N) is 1. The fourth-order valence-electron chi connectivity index (χ4n) is 3.03. The average Bonchev–Trinajstić information content (AvgIpc) is 3.03. The molecule has 3 rings (SSSR count). The van der Waals surface area contributed by atoms with Gasteiger partial charge in [0.15, 0.2) is 5.79 Å². The smallest absolute Gasteiger partial charge is 0.253 e. The van der Waals surface area contributed by atoms with E-state index in [-0.39, 0.29) is 17.7 Å². The summed E-state index contributed by atoms with van der Waals surface area (Å²) in [5, 5.41) is 2.98. The highest BCUT2D eigenvalue weighted by molar-refractivity contribution is 5.94. The van der Waals surface area contributed by atoms with Gasteiger partial charge in [0.25, 0.3) is 5.91 Å². The topological polar surface area (TPSA) is 63.7 Å². The van der Waals surface area contributed by atoms with E-state index in [1.165, 1.54) is 0 Å². The number of carbonyl (C=O) groups is 1. The SMILES string of the molecule is CCC(C)NC(=O)c1cncc(N2CCC3(CC2)OCCO3)c1. The molecule has 0 bridgehead atoms. The summed E-state index contributed by atoms with van der Waals surface area (Å²) in [5.74, 6) is -0.445. The zero-order chi connectivity index (χ0) is 16.3. The Bertz CT molecular complexity index is 548. The van der Waals surface area contributed by atoms with Gasteiger partial charge >= 0.3 is 0 Å². The monoisotopic (exact) mass is 319 g/mol. The summed E-state index contributed by atoms with van der Waals surface area (Å²) < 4.78 is 11.5. The van der Waals surface area contributed by atoms with Crippen molar-refractivity contribution in [2.75, 3.05) is 31.2 Å². The van der Waals surface area contributed by atoms with E-state index in [9.17, 15) is 4.79 Å². The van der Waals surface area contributed by atoms with Crippen LogP contribution in [0.25, 0.3) is 0 Å². The van der Waals surface area contributed by atoms with E-state index in [2.05, 4.69) is 22.1 Å². The van der Waals surface area contributed by atoms with Gasteiger partial charge in [-0.3, -0.25) is 9.78 Å². The van der Waals surface area contributed by atoms with Crippen LogP contribution < -0.4 is 10.2 Å². The quantitative estimate of drug-likeness (QED) is 0.919. The molecular weight excluding hydrogens is 294 g/mol. The molecule has 2 saturated heterocycles. The molecule has 0 radical (unpaired) electrons. The van der Waals surface area contributed by atoms with Crippen LogP contribution in [-0.2, 0) is 9.47 Å². The first-order valence-corrected chi connectivity index (χ1v) is 8.41. The number of piperidine rings is 1. The lowest BCUT2D eigenvalue weighted by molar-refractivity contribution is -0.169. The minimum absolute atomic E-state index is 0.0651. The van der Waals surface area contributed by atoms with Crippen LogP contribution >= 0.6 is 0 Å². The second kappa shape index (κ2) is 6.84. The van der Waals surface area contributed by atoms with E-state index >= 15 is 0 Å². The highest BCUT2D eigenvalue weighted by Crippen LogP contribution is 2.33. The van der Waals surface area contributed by atoms with Gasteiger partial charge in [-0.1, -0.05) is 6.92 Å². The Labute approximate surface area is 137 Å². The van der Waals surface area contributed by atoms with Crippen LogP contribution in [0, 0.1) is 0 Å². The first kappa shape index (κ1) is 16.2. The predicted molar refractivity (Wildman–Crippen MR) is 87.5 cm³/mol. The highest BCUT2D eigenvalue weighted by atomic mass is 16.7. The minimum atomic E-state index is -0.379. The van der Waals surface area contributed by atoms with E-state index in [1.807, 2.05) is 19.2 Å². The third-order valence-electron chi connectivity index (χ3n) is 4.68. The van der Waals surface area contributed by atoms with Gasteiger partial charge < -0.3 is 19.7 Å². The van der Waals surface area contributed by atoms with Crippen molar-refractivity contribution in [3.63, 3.8) is 0 Å². The van der Waals surface area contributed by atoms with Crippen LogP contribution in [0.1, 0.15) is 43.5 Å². The lowest BCUT2D eigenvalue weighted by atomic mass is 10.0. The molecule has 126 valence electrons. The van der Waals surface area contributed by atoms with Crippen molar-refractivity contribution in [1.29, 1.82) is 0 Å². The number of amides is 1. The summed E-state index contributed by atoms with van der Waals surface area (Å²) in [7, 11) is 0. The van der Waals surface area contributed by atoms with Crippen molar-refractivity contribution in [3.8, 4) is 0 Å². The Morgan fingerprint density at radius 1 is 1.35 bits per heavy atom. The lowest BCUT2D eigenvalue weighted by Crippen LogP contribution is -2.45. The van der Waals surface area contributed by atoms with E-state index < -0.39 is 0 Å². The summed E-state index contributed by atoms with van der Waals surface area (Å²) >= 11 is 0. The number of pyridine rings is 1. The maximum absolute atomic E-state index is 12.2. The Morgan fingerprint density at radius 2 is 2.04 bits per heavy atom. The van der Waals surface area contributed by atoms with Crippen LogP contribution in [0.4, 0.5) is 5.69 Å². The third-order valence-corrected chi connectivity index (χ3v) is 4.68. The number of hydrogen-bond acceptors (Lipinski definition) is 5. The molecule has 0 aromatic carbocycles. The van der Waals surface area contributed by atoms with E-state index in [1.54, 1.807) is 6.20 Å². The normalized spacial score (nSPS) is 21.4. The standard InChI is InChI=1S/C17H25N3O3/c1-3-13(2)19-16(21)14-10-15(12-18-11-14)20-6-4-17(5-7-20)22-8-9-23-17/h10-13H,3-9H2,1-2H3,(H,19,21).